The number of hydrogen-bond acceptors (Lipinski definition) is 3. The van der Waals surface area contributed by atoms with Crippen LogP contribution >= 0.6 is 12.2 Å². The quantitative estimate of drug-likeness (QED) is 0.755. The lowest BCUT2D eigenvalue weighted by molar-refractivity contribution is 0.138. The van der Waals surface area contributed by atoms with Crippen LogP contribution in [0, 0.1) is 0 Å². The van der Waals surface area contributed by atoms with E-state index in [1.807, 2.05) is 31.3 Å². The topological polar surface area (TPSA) is 49.5 Å². The van der Waals surface area contributed by atoms with Crippen molar-refractivity contribution >= 4 is 17.2 Å². The highest BCUT2D eigenvalue weighted by molar-refractivity contribution is 7.80. The summed E-state index contributed by atoms with van der Waals surface area (Å²) in [5, 5.41) is 9.24. The molecule has 0 radical (unpaired) electrons. The number of nitrogens with two attached hydrogens (primary N) is 1. The molecule has 1 rings (SSSR count). The van der Waals surface area contributed by atoms with E-state index in [0.717, 1.165) is 12.1 Å². The Morgan fingerprint density at radius 3 is 2.44 bits per heavy atom. The van der Waals surface area contributed by atoms with Gasteiger partial charge < -0.3 is 10.8 Å². The van der Waals surface area contributed by atoms with Crippen LogP contribution in [0.15, 0.2) is 24.3 Å². The Bertz CT molecular complexity index is 349. The third-order valence-corrected chi connectivity index (χ3v) is 2.50. The maximum Gasteiger partial charge on any atom is 0.103 e. The zero-order valence-electron chi connectivity index (χ0n) is 9.68. The van der Waals surface area contributed by atoms with Gasteiger partial charge in [-0.2, -0.15) is 0 Å². The third-order valence-electron chi connectivity index (χ3n) is 2.27. The Morgan fingerprint density at radius 1 is 1.44 bits per heavy atom. The number of aliphatic hydroxyl groups excluding tert-OH is 1. The SMILES string of the molecule is CC(O)CN(C)Cc1ccc(C(N)=S)cc1. The largest absolute Gasteiger partial charge is 0.392 e. The van der Waals surface area contributed by atoms with Gasteiger partial charge in [0.25, 0.3) is 0 Å². The van der Waals surface area contributed by atoms with Crippen molar-refractivity contribution in [2.24, 2.45) is 5.73 Å². The first-order valence-corrected chi connectivity index (χ1v) is 5.65. The second-order valence-electron chi connectivity index (χ2n) is 4.11. The zero-order valence-corrected chi connectivity index (χ0v) is 10.5. The first-order valence-electron chi connectivity index (χ1n) is 5.24. The van der Waals surface area contributed by atoms with Crippen molar-refractivity contribution in [3.05, 3.63) is 35.4 Å². The van der Waals surface area contributed by atoms with E-state index in [1.54, 1.807) is 6.92 Å². The first kappa shape index (κ1) is 13.1. The van der Waals surface area contributed by atoms with Crippen molar-refractivity contribution in [3.63, 3.8) is 0 Å². The fourth-order valence-electron chi connectivity index (χ4n) is 1.60. The van der Waals surface area contributed by atoms with Gasteiger partial charge in [0, 0.05) is 18.7 Å². The molecular formula is C12H18N2OS. The van der Waals surface area contributed by atoms with Gasteiger partial charge in [-0.25, -0.2) is 0 Å². The van der Waals surface area contributed by atoms with Gasteiger partial charge in [-0.15, -0.1) is 0 Å². The molecule has 1 aromatic rings. The molecule has 0 fully saturated rings. The van der Waals surface area contributed by atoms with E-state index in [9.17, 15) is 5.11 Å². The highest BCUT2D eigenvalue weighted by Gasteiger charge is 2.04. The minimum absolute atomic E-state index is 0.305. The molecule has 1 aromatic carbocycles. The molecular weight excluding hydrogens is 220 g/mol. The summed E-state index contributed by atoms with van der Waals surface area (Å²) in [6.07, 6.45) is -0.305. The van der Waals surface area contributed by atoms with Crippen molar-refractivity contribution in [2.75, 3.05) is 13.6 Å². The molecule has 3 nitrogen and oxygen atoms in total. The third kappa shape index (κ3) is 4.26. The second-order valence-corrected chi connectivity index (χ2v) is 4.55. The van der Waals surface area contributed by atoms with Gasteiger partial charge in [0.2, 0.25) is 0 Å². The number of likely N-dealkylation sites (N-methyl/N-ethyl adjacent to an activating group) is 1. The average Bonchev–Trinajstić information content (AvgIpc) is 2.16. The Morgan fingerprint density at radius 2 is 2.00 bits per heavy atom. The molecule has 4 heteroatoms. The van der Waals surface area contributed by atoms with Crippen LogP contribution in [-0.4, -0.2) is 34.7 Å². The van der Waals surface area contributed by atoms with Crippen LogP contribution in [0.25, 0.3) is 0 Å². The van der Waals surface area contributed by atoms with Crippen LogP contribution in [0.1, 0.15) is 18.1 Å². The minimum atomic E-state index is -0.305. The van der Waals surface area contributed by atoms with E-state index < -0.39 is 0 Å². The van der Waals surface area contributed by atoms with Gasteiger partial charge in [0.1, 0.15) is 4.99 Å². The number of thiocarbonyl (C=S) groups is 1. The smallest absolute Gasteiger partial charge is 0.103 e. The lowest BCUT2D eigenvalue weighted by Gasteiger charge is -2.18. The van der Waals surface area contributed by atoms with Gasteiger partial charge in [-0.1, -0.05) is 36.5 Å². The van der Waals surface area contributed by atoms with Gasteiger partial charge in [0.15, 0.2) is 0 Å². The fourth-order valence-corrected chi connectivity index (χ4v) is 1.74. The molecule has 88 valence electrons. The predicted molar refractivity (Wildman–Crippen MR) is 70.3 cm³/mol. The lowest BCUT2D eigenvalue weighted by atomic mass is 10.1. The van der Waals surface area contributed by atoms with Gasteiger partial charge >= 0.3 is 0 Å². The molecule has 1 unspecified atom stereocenters. The number of hydrogen-bond donors (Lipinski definition) is 2. The maximum absolute atomic E-state index is 9.24. The maximum atomic E-state index is 9.24. The van der Waals surface area contributed by atoms with Crippen molar-refractivity contribution in [2.45, 2.75) is 19.6 Å². The number of nitrogens with zero attached hydrogens (tertiary/aromatic N) is 1. The Balaban J connectivity index is 2.58. The average molecular weight is 238 g/mol. The zero-order chi connectivity index (χ0) is 12.1. The van der Waals surface area contributed by atoms with Crippen molar-refractivity contribution < 1.29 is 5.11 Å². The van der Waals surface area contributed by atoms with Crippen LogP contribution in [0.2, 0.25) is 0 Å². The summed E-state index contributed by atoms with van der Waals surface area (Å²) in [4.78, 5) is 2.49. The lowest BCUT2D eigenvalue weighted by Crippen LogP contribution is -2.26. The fraction of sp³-hybridized carbons (Fsp3) is 0.417. The normalized spacial score (nSPS) is 12.8. The Labute approximate surface area is 102 Å². The molecule has 0 heterocycles. The Hall–Kier alpha value is -0.970. The summed E-state index contributed by atoms with van der Waals surface area (Å²) < 4.78 is 0. The van der Waals surface area contributed by atoms with E-state index in [0.29, 0.717) is 11.5 Å². The van der Waals surface area contributed by atoms with E-state index in [2.05, 4.69) is 4.90 Å². The van der Waals surface area contributed by atoms with Crippen LogP contribution in [0.4, 0.5) is 0 Å². The van der Waals surface area contributed by atoms with Crippen molar-refractivity contribution in [1.29, 1.82) is 0 Å². The highest BCUT2D eigenvalue weighted by atomic mass is 32.1. The highest BCUT2D eigenvalue weighted by Crippen LogP contribution is 2.07. The van der Waals surface area contributed by atoms with Crippen LogP contribution in [-0.2, 0) is 6.54 Å². The molecule has 0 saturated heterocycles. The second kappa shape index (κ2) is 5.94. The summed E-state index contributed by atoms with van der Waals surface area (Å²) in [5.41, 5.74) is 7.59. The van der Waals surface area contributed by atoms with Gasteiger partial charge in [-0.05, 0) is 19.5 Å². The molecule has 0 saturated carbocycles. The van der Waals surface area contributed by atoms with Crippen LogP contribution < -0.4 is 5.73 Å². The number of rotatable bonds is 5. The van der Waals surface area contributed by atoms with E-state index in [4.69, 9.17) is 18.0 Å². The summed E-state index contributed by atoms with van der Waals surface area (Å²) in [6.45, 7) is 3.26. The van der Waals surface area contributed by atoms with Crippen molar-refractivity contribution in [1.82, 2.24) is 4.90 Å². The molecule has 0 aliphatic rings. The molecule has 3 N–H and O–H groups in total. The molecule has 0 aromatic heterocycles. The van der Waals surface area contributed by atoms with Crippen LogP contribution in [0.3, 0.4) is 0 Å². The molecule has 0 amide bonds. The van der Waals surface area contributed by atoms with E-state index in [1.165, 1.54) is 5.56 Å². The number of benzene rings is 1. The molecule has 16 heavy (non-hydrogen) atoms. The first-order chi connectivity index (χ1) is 7.49. The van der Waals surface area contributed by atoms with Gasteiger partial charge in [0.05, 0.1) is 6.10 Å². The van der Waals surface area contributed by atoms with Crippen molar-refractivity contribution in [3.8, 4) is 0 Å². The molecule has 0 aliphatic heterocycles. The summed E-state index contributed by atoms with van der Waals surface area (Å²) in [5.74, 6) is 0. The van der Waals surface area contributed by atoms with E-state index >= 15 is 0 Å². The van der Waals surface area contributed by atoms with Crippen LogP contribution in [0.5, 0.6) is 0 Å². The standard InChI is InChI=1S/C12H18N2OS/c1-9(15)7-14(2)8-10-3-5-11(6-4-10)12(13)16/h3-6,9,15H,7-8H2,1-2H3,(H2,13,16). The summed E-state index contributed by atoms with van der Waals surface area (Å²) >= 11 is 4.88. The molecule has 0 bridgehead atoms. The van der Waals surface area contributed by atoms with Gasteiger partial charge in [-0.3, -0.25) is 4.90 Å². The van der Waals surface area contributed by atoms with E-state index in [-0.39, 0.29) is 6.10 Å². The monoisotopic (exact) mass is 238 g/mol. The summed E-state index contributed by atoms with van der Waals surface area (Å²) in [6, 6.07) is 7.86. The predicted octanol–water partition coefficient (Wildman–Crippen LogP) is 1.13. The summed E-state index contributed by atoms with van der Waals surface area (Å²) in [7, 11) is 1.98. The Kier molecular flexibility index (Phi) is 4.86. The minimum Gasteiger partial charge on any atom is -0.392 e. The molecule has 0 spiro atoms. The molecule has 1 atom stereocenters. The molecule has 0 aliphatic carbocycles. The number of aliphatic hydroxyl groups is 1.